The Labute approximate surface area is 81.2 Å². The fourth-order valence-electron chi connectivity index (χ4n) is 0.992. The Bertz CT molecular complexity index is 209. The molecule has 0 amide bonds. The molecule has 0 atom stereocenters. The molecule has 1 saturated heterocycles. The minimum atomic E-state index is -0.281. The molecule has 0 aliphatic carbocycles. The standard InChI is InChI=1S/C6H14N6S/c7-5(8)10-6(9)11-12-1-3-13-4-2-12/h1-4H2,(H6,7,8,9,10,11). The Morgan fingerprint density at radius 1 is 1.38 bits per heavy atom. The van der Waals surface area contributed by atoms with E-state index in [0.717, 1.165) is 24.6 Å². The Kier molecular flexibility index (Phi) is 3.84. The van der Waals surface area contributed by atoms with Crippen LogP contribution in [0.2, 0.25) is 0 Å². The first kappa shape index (κ1) is 10.1. The smallest absolute Gasteiger partial charge is 0.215 e. The van der Waals surface area contributed by atoms with E-state index < -0.39 is 0 Å². The monoisotopic (exact) mass is 202 g/mol. The van der Waals surface area contributed by atoms with E-state index in [1.165, 1.54) is 0 Å². The van der Waals surface area contributed by atoms with Gasteiger partial charge in [-0.15, -0.1) is 0 Å². The summed E-state index contributed by atoms with van der Waals surface area (Å²) in [5.41, 5.74) is 13.4. The fraction of sp³-hybridized carbons (Fsp3) is 0.667. The van der Waals surface area contributed by atoms with Crippen LogP contribution in [0, 0.1) is 5.41 Å². The van der Waals surface area contributed by atoms with Gasteiger partial charge in [0.25, 0.3) is 0 Å². The van der Waals surface area contributed by atoms with Gasteiger partial charge in [0.05, 0.1) is 0 Å². The van der Waals surface area contributed by atoms with Gasteiger partial charge in [0.15, 0.2) is 0 Å². The Balaban J connectivity index is 2.33. The minimum absolute atomic E-state index is 0.180. The molecule has 0 bridgehead atoms. The molecule has 0 aromatic rings. The van der Waals surface area contributed by atoms with E-state index in [-0.39, 0.29) is 11.9 Å². The summed E-state index contributed by atoms with van der Waals surface area (Å²) in [5.74, 6) is 2.07. The normalized spacial score (nSPS) is 19.8. The van der Waals surface area contributed by atoms with Crippen molar-refractivity contribution >= 4 is 23.7 Å². The van der Waals surface area contributed by atoms with E-state index in [2.05, 4.69) is 10.4 Å². The van der Waals surface area contributed by atoms with Gasteiger partial charge in [0, 0.05) is 24.6 Å². The molecule has 13 heavy (non-hydrogen) atoms. The van der Waals surface area contributed by atoms with E-state index in [0.29, 0.717) is 0 Å². The number of nitrogens with zero attached hydrogens (tertiary/aromatic N) is 2. The summed E-state index contributed by atoms with van der Waals surface area (Å²) < 4.78 is 0. The Hall–Kier alpha value is -0.950. The second kappa shape index (κ2) is 4.93. The first-order chi connectivity index (χ1) is 6.18. The number of nitrogens with two attached hydrogens (primary N) is 2. The SMILES string of the molecule is N=C(N)N=C(N)NN1CCSCC1. The minimum Gasteiger partial charge on any atom is -0.368 e. The average molecular weight is 202 g/mol. The third-order valence-electron chi connectivity index (χ3n) is 1.52. The summed E-state index contributed by atoms with van der Waals surface area (Å²) in [5, 5.41) is 8.86. The lowest BCUT2D eigenvalue weighted by Crippen LogP contribution is -2.49. The first-order valence-corrected chi connectivity index (χ1v) is 5.11. The van der Waals surface area contributed by atoms with Gasteiger partial charge in [-0.2, -0.15) is 16.8 Å². The van der Waals surface area contributed by atoms with Crippen molar-refractivity contribution in [3.05, 3.63) is 0 Å². The van der Waals surface area contributed by atoms with Crippen molar-refractivity contribution in [2.24, 2.45) is 16.5 Å². The van der Waals surface area contributed by atoms with Crippen LogP contribution in [0.5, 0.6) is 0 Å². The van der Waals surface area contributed by atoms with E-state index in [4.69, 9.17) is 16.9 Å². The molecule has 6 N–H and O–H groups in total. The highest BCUT2D eigenvalue weighted by molar-refractivity contribution is 7.99. The quantitative estimate of drug-likeness (QED) is 0.314. The van der Waals surface area contributed by atoms with Gasteiger partial charge in [0.2, 0.25) is 11.9 Å². The lowest BCUT2D eigenvalue weighted by atomic mass is 10.6. The van der Waals surface area contributed by atoms with Crippen LogP contribution in [0.4, 0.5) is 0 Å². The van der Waals surface area contributed by atoms with Crippen molar-refractivity contribution in [3.8, 4) is 0 Å². The zero-order chi connectivity index (χ0) is 9.68. The van der Waals surface area contributed by atoms with E-state index >= 15 is 0 Å². The number of aliphatic imine (C=N–C) groups is 1. The Morgan fingerprint density at radius 2 is 2.00 bits per heavy atom. The highest BCUT2D eigenvalue weighted by Crippen LogP contribution is 2.06. The summed E-state index contributed by atoms with van der Waals surface area (Å²) in [7, 11) is 0. The largest absolute Gasteiger partial charge is 0.368 e. The lowest BCUT2D eigenvalue weighted by molar-refractivity contribution is 0.260. The third kappa shape index (κ3) is 4.00. The molecule has 0 saturated carbocycles. The van der Waals surface area contributed by atoms with E-state index in [1.54, 1.807) is 0 Å². The van der Waals surface area contributed by atoms with Crippen molar-refractivity contribution in [3.63, 3.8) is 0 Å². The summed E-state index contributed by atoms with van der Waals surface area (Å²) in [6.07, 6.45) is 0. The van der Waals surface area contributed by atoms with Gasteiger partial charge in [-0.3, -0.25) is 10.8 Å². The molecule has 1 rings (SSSR count). The molecule has 1 fully saturated rings. The van der Waals surface area contributed by atoms with Crippen molar-refractivity contribution in [2.45, 2.75) is 0 Å². The van der Waals surface area contributed by atoms with Crippen molar-refractivity contribution < 1.29 is 0 Å². The van der Waals surface area contributed by atoms with Crippen LogP contribution < -0.4 is 16.9 Å². The van der Waals surface area contributed by atoms with Gasteiger partial charge in [-0.05, 0) is 0 Å². The predicted octanol–water partition coefficient (Wildman–Crippen LogP) is -1.25. The van der Waals surface area contributed by atoms with Gasteiger partial charge in [0.1, 0.15) is 0 Å². The summed E-state index contributed by atoms with van der Waals surface area (Å²) in [4.78, 5) is 3.57. The van der Waals surface area contributed by atoms with Gasteiger partial charge >= 0.3 is 0 Å². The van der Waals surface area contributed by atoms with Crippen LogP contribution in [-0.4, -0.2) is 41.5 Å². The second-order valence-corrected chi connectivity index (χ2v) is 3.82. The van der Waals surface area contributed by atoms with Crippen LogP contribution in [0.25, 0.3) is 0 Å². The summed E-state index contributed by atoms with van der Waals surface area (Å²) >= 11 is 1.91. The van der Waals surface area contributed by atoms with Crippen LogP contribution in [0.1, 0.15) is 0 Å². The molecule has 0 aromatic heterocycles. The Morgan fingerprint density at radius 3 is 2.54 bits per heavy atom. The van der Waals surface area contributed by atoms with Crippen LogP contribution in [0.15, 0.2) is 4.99 Å². The molecule has 1 heterocycles. The van der Waals surface area contributed by atoms with Gasteiger partial charge in [-0.25, -0.2) is 5.01 Å². The van der Waals surface area contributed by atoms with Crippen molar-refractivity contribution in [1.82, 2.24) is 10.4 Å². The highest BCUT2D eigenvalue weighted by Gasteiger charge is 2.10. The molecule has 0 spiro atoms. The summed E-state index contributed by atoms with van der Waals surface area (Å²) in [6.45, 7) is 1.86. The third-order valence-corrected chi connectivity index (χ3v) is 2.47. The van der Waals surface area contributed by atoms with Crippen molar-refractivity contribution in [1.29, 1.82) is 5.41 Å². The maximum atomic E-state index is 6.89. The number of rotatable bonds is 1. The molecule has 1 aliphatic rings. The first-order valence-electron chi connectivity index (χ1n) is 3.96. The van der Waals surface area contributed by atoms with Crippen molar-refractivity contribution in [2.75, 3.05) is 24.6 Å². The lowest BCUT2D eigenvalue weighted by Gasteiger charge is -2.26. The zero-order valence-electron chi connectivity index (χ0n) is 7.29. The predicted molar refractivity (Wildman–Crippen MR) is 55.6 cm³/mol. The number of hydrogen-bond donors (Lipinski definition) is 4. The molecular weight excluding hydrogens is 188 g/mol. The molecule has 0 aromatic carbocycles. The number of hydrazine groups is 1. The number of hydrogen-bond acceptors (Lipinski definition) is 3. The van der Waals surface area contributed by atoms with Crippen LogP contribution in [-0.2, 0) is 0 Å². The van der Waals surface area contributed by atoms with Gasteiger partial charge < -0.3 is 11.5 Å². The zero-order valence-corrected chi connectivity index (χ0v) is 8.10. The average Bonchev–Trinajstić information content (AvgIpc) is 2.04. The van der Waals surface area contributed by atoms with Gasteiger partial charge in [-0.1, -0.05) is 0 Å². The topological polar surface area (TPSA) is 104 Å². The van der Waals surface area contributed by atoms with E-state index in [1.807, 2.05) is 16.8 Å². The molecule has 6 nitrogen and oxygen atoms in total. The molecular formula is C6H14N6S. The number of guanidine groups is 2. The molecule has 1 aliphatic heterocycles. The van der Waals surface area contributed by atoms with Crippen LogP contribution >= 0.6 is 11.8 Å². The molecule has 7 heteroatoms. The maximum absolute atomic E-state index is 6.89. The second-order valence-electron chi connectivity index (χ2n) is 2.59. The molecule has 74 valence electrons. The van der Waals surface area contributed by atoms with E-state index in [9.17, 15) is 0 Å². The summed E-state index contributed by atoms with van der Waals surface area (Å²) in [6, 6.07) is 0. The molecule has 0 radical (unpaired) electrons. The number of thioether (sulfide) groups is 1. The maximum Gasteiger partial charge on any atom is 0.215 e. The van der Waals surface area contributed by atoms with Crippen LogP contribution in [0.3, 0.4) is 0 Å². The molecule has 0 unspecified atom stereocenters. The number of nitrogens with one attached hydrogen (secondary N) is 2. The fourth-order valence-corrected chi connectivity index (χ4v) is 1.90. The highest BCUT2D eigenvalue weighted by atomic mass is 32.2.